The van der Waals surface area contributed by atoms with Crippen molar-refractivity contribution >= 4 is 46.2 Å². The summed E-state index contributed by atoms with van der Waals surface area (Å²) in [6.45, 7) is 18.4. The molecule has 0 heterocycles. The van der Waals surface area contributed by atoms with E-state index >= 15 is 0 Å². The van der Waals surface area contributed by atoms with Gasteiger partial charge in [0.1, 0.15) is 17.2 Å². The van der Waals surface area contributed by atoms with Crippen LogP contribution in [0.2, 0.25) is 0 Å². The SMILES string of the molecule is CCCCOc1cc(OC)c(N(c2ccc(C)cc2)c2ccc(N(c3ccc(C)cc3)c3c(C)cc(CCCC)cc3C)cc2)c(OSCCCC(C)CC)c1. The quantitative estimate of drug-likeness (QED) is 0.0546. The van der Waals surface area contributed by atoms with Crippen molar-refractivity contribution in [3.05, 3.63) is 125 Å². The van der Waals surface area contributed by atoms with Gasteiger partial charge in [-0.1, -0.05) is 94.5 Å². The summed E-state index contributed by atoms with van der Waals surface area (Å²) in [5, 5.41) is 0. The molecule has 1 unspecified atom stereocenters. The van der Waals surface area contributed by atoms with E-state index in [0.717, 1.165) is 65.6 Å². The fourth-order valence-electron chi connectivity index (χ4n) is 7.09. The van der Waals surface area contributed by atoms with Gasteiger partial charge in [0.2, 0.25) is 0 Å². The molecule has 0 N–H and O–H groups in total. The van der Waals surface area contributed by atoms with Gasteiger partial charge in [0, 0.05) is 40.6 Å². The Bertz CT molecular complexity index is 1930. The average molecular weight is 773 g/mol. The molecule has 0 radical (unpaired) electrons. The van der Waals surface area contributed by atoms with Crippen molar-refractivity contribution in [2.45, 2.75) is 107 Å². The molecule has 5 aromatic rings. The van der Waals surface area contributed by atoms with Crippen LogP contribution < -0.4 is 23.5 Å². The van der Waals surface area contributed by atoms with Crippen molar-refractivity contribution in [3.8, 4) is 17.2 Å². The summed E-state index contributed by atoms with van der Waals surface area (Å²) < 4.78 is 19.1. The second kappa shape index (κ2) is 21.1. The van der Waals surface area contributed by atoms with Gasteiger partial charge in [0.15, 0.2) is 5.75 Å². The topological polar surface area (TPSA) is 34.2 Å². The third-order valence-electron chi connectivity index (χ3n) is 10.5. The molecule has 0 aliphatic carbocycles. The summed E-state index contributed by atoms with van der Waals surface area (Å²) in [6.07, 6.45) is 9.01. The summed E-state index contributed by atoms with van der Waals surface area (Å²) in [5.41, 5.74) is 12.7. The summed E-state index contributed by atoms with van der Waals surface area (Å²) in [7, 11) is 1.73. The third kappa shape index (κ3) is 11.1. The van der Waals surface area contributed by atoms with Gasteiger partial charge in [-0.15, -0.1) is 0 Å². The number of anilines is 6. The van der Waals surface area contributed by atoms with Crippen molar-refractivity contribution in [2.24, 2.45) is 5.92 Å². The van der Waals surface area contributed by atoms with Gasteiger partial charge >= 0.3 is 0 Å². The van der Waals surface area contributed by atoms with Crippen molar-refractivity contribution in [2.75, 3.05) is 29.3 Å². The fourth-order valence-corrected chi connectivity index (χ4v) is 7.71. The van der Waals surface area contributed by atoms with Gasteiger partial charge in [0.05, 0.1) is 31.4 Å². The zero-order chi connectivity index (χ0) is 40.0. The first-order chi connectivity index (χ1) is 27.2. The Balaban J connectivity index is 1.62. The van der Waals surface area contributed by atoms with Gasteiger partial charge in [-0.25, -0.2) is 0 Å². The van der Waals surface area contributed by atoms with Crippen LogP contribution in [0.15, 0.2) is 97.1 Å². The number of aryl methyl sites for hydroxylation is 5. The minimum Gasteiger partial charge on any atom is -0.494 e. The molecule has 6 heteroatoms. The minimum absolute atomic E-state index is 0.640. The molecule has 5 rings (SSSR count). The highest BCUT2D eigenvalue weighted by Gasteiger charge is 2.25. The summed E-state index contributed by atoms with van der Waals surface area (Å²) in [5.74, 6) is 3.76. The van der Waals surface area contributed by atoms with Gasteiger partial charge in [-0.3, -0.25) is 0 Å². The number of hydrogen-bond acceptors (Lipinski definition) is 6. The Morgan fingerprint density at radius 1 is 0.607 bits per heavy atom. The average Bonchev–Trinajstić information content (AvgIpc) is 3.20. The van der Waals surface area contributed by atoms with Crippen LogP contribution >= 0.6 is 12.0 Å². The standard InChI is InChI=1S/C50H64N2O3S/c1-10-13-17-41-32-39(7)49(40(8)33-41)51(42-22-18-37(5)19-23-42)44-26-28-45(29-27-44)52(43-24-20-38(6)21-25-43)50-47(53-9)34-46(54-30-14-11-2)35-48(50)55-56-31-15-16-36(4)12-3/h18-29,32-36H,10-17,30-31H2,1-9H3. The van der Waals surface area contributed by atoms with E-state index in [4.69, 9.17) is 13.7 Å². The Hall–Kier alpha value is -4.55. The van der Waals surface area contributed by atoms with Crippen molar-refractivity contribution < 1.29 is 13.7 Å². The predicted molar refractivity (Wildman–Crippen MR) is 242 cm³/mol. The van der Waals surface area contributed by atoms with E-state index in [9.17, 15) is 0 Å². The molecule has 5 nitrogen and oxygen atoms in total. The molecule has 5 aromatic carbocycles. The first-order valence-electron chi connectivity index (χ1n) is 20.7. The minimum atomic E-state index is 0.640. The lowest BCUT2D eigenvalue weighted by Gasteiger charge is -2.31. The molecular weight excluding hydrogens is 709 g/mol. The lowest BCUT2D eigenvalue weighted by atomic mass is 9.99. The van der Waals surface area contributed by atoms with Crippen LogP contribution in [-0.2, 0) is 6.42 Å². The Labute approximate surface area is 342 Å². The van der Waals surface area contributed by atoms with Crippen LogP contribution in [-0.4, -0.2) is 19.5 Å². The van der Waals surface area contributed by atoms with E-state index in [1.54, 1.807) is 7.11 Å². The molecule has 1 atom stereocenters. The van der Waals surface area contributed by atoms with E-state index < -0.39 is 0 Å². The van der Waals surface area contributed by atoms with Gasteiger partial charge in [0.25, 0.3) is 0 Å². The zero-order valence-corrected chi connectivity index (χ0v) is 36.2. The molecule has 0 bridgehead atoms. The smallest absolute Gasteiger partial charge is 0.168 e. The van der Waals surface area contributed by atoms with E-state index in [-0.39, 0.29) is 0 Å². The molecule has 56 heavy (non-hydrogen) atoms. The molecular formula is C50H64N2O3S. The summed E-state index contributed by atoms with van der Waals surface area (Å²) in [6, 6.07) is 35.2. The summed E-state index contributed by atoms with van der Waals surface area (Å²) in [4.78, 5) is 4.66. The van der Waals surface area contributed by atoms with Crippen molar-refractivity contribution in [3.63, 3.8) is 0 Å². The van der Waals surface area contributed by atoms with Crippen LogP contribution in [0.4, 0.5) is 34.1 Å². The van der Waals surface area contributed by atoms with Crippen LogP contribution in [0.3, 0.4) is 0 Å². The van der Waals surface area contributed by atoms with Crippen LogP contribution in [0, 0.1) is 33.6 Å². The van der Waals surface area contributed by atoms with E-state index in [1.165, 1.54) is 71.2 Å². The molecule has 298 valence electrons. The highest BCUT2D eigenvalue weighted by molar-refractivity contribution is 7.95. The molecule has 0 saturated carbocycles. The number of rotatable bonds is 21. The Kier molecular flexibility index (Phi) is 16.1. The number of ether oxygens (including phenoxy) is 2. The van der Waals surface area contributed by atoms with Crippen molar-refractivity contribution in [1.82, 2.24) is 0 Å². The maximum Gasteiger partial charge on any atom is 0.168 e. The van der Waals surface area contributed by atoms with Crippen molar-refractivity contribution in [1.29, 1.82) is 0 Å². The maximum absolute atomic E-state index is 6.64. The number of benzene rings is 5. The van der Waals surface area contributed by atoms with E-state index in [2.05, 4.69) is 150 Å². The van der Waals surface area contributed by atoms with Crippen LogP contribution in [0.1, 0.15) is 100 Å². The second-order valence-corrected chi connectivity index (χ2v) is 16.1. The van der Waals surface area contributed by atoms with E-state index in [0.29, 0.717) is 24.0 Å². The maximum atomic E-state index is 6.64. The summed E-state index contributed by atoms with van der Waals surface area (Å²) >= 11 is 1.51. The lowest BCUT2D eigenvalue weighted by Crippen LogP contribution is -2.15. The fraction of sp³-hybridized carbons (Fsp3) is 0.400. The number of nitrogens with zero attached hydrogens (tertiary/aromatic N) is 2. The van der Waals surface area contributed by atoms with E-state index in [1.807, 2.05) is 12.1 Å². The Morgan fingerprint density at radius 2 is 1.11 bits per heavy atom. The molecule has 0 aliphatic rings. The first-order valence-corrected chi connectivity index (χ1v) is 21.7. The lowest BCUT2D eigenvalue weighted by molar-refractivity contribution is 0.306. The van der Waals surface area contributed by atoms with Crippen LogP contribution in [0.25, 0.3) is 0 Å². The highest BCUT2D eigenvalue weighted by atomic mass is 32.2. The van der Waals surface area contributed by atoms with Gasteiger partial charge in [-0.2, -0.15) is 0 Å². The molecule has 0 aromatic heterocycles. The van der Waals surface area contributed by atoms with Gasteiger partial charge in [-0.05, 0) is 131 Å². The highest BCUT2D eigenvalue weighted by Crippen LogP contribution is 2.50. The normalized spacial score (nSPS) is 11.7. The van der Waals surface area contributed by atoms with Crippen LogP contribution in [0.5, 0.6) is 17.2 Å². The third-order valence-corrected chi connectivity index (χ3v) is 11.3. The predicted octanol–water partition coefficient (Wildman–Crippen LogP) is 15.2. The number of unbranched alkanes of at least 4 members (excludes halogenated alkanes) is 2. The largest absolute Gasteiger partial charge is 0.494 e. The first kappa shape index (κ1) is 42.6. The zero-order valence-electron chi connectivity index (χ0n) is 35.4. The number of methoxy groups -OCH3 is 1. The molecule has 0 spiro atoms. The molecule has 0 saturated heterocycles. The Morgan fingerprint density at radius 3 is 1.61 bits per heavy atom. The number of hydrogen-bond donors (Lipinski definition) is 0. The monoisotopic (exact) mass is 772 g/mol. The molecule has 0 amide bonds. The molecule has 0 fully saturated rings. The second-order valence-electron chi connectivity index (χ2n) is 15.3. The molecule has 0 aliphatic heterocycles. The van der Waals surface area contributed by atoms with Gasteiger partial charge < -0.3 is 23.5 Å².